The number of anilines is 1. The number of phenols is 2. The van der Waals surface area contributed by atoms with E-state index in [2.05, 4.69) is 5.32 Å². The monoisotopic (exact) mass is 265 g/mol. The molecule has 0 saturated heterocycles. The van der Waals surface area contributed by atoms with Gasteiger partial charge in [0.2, 0.25) is 0 Å². The van der Waals surface area contributed by atoms with E-state index in [0.29, 0.717) is 5.56 Å². The van der Waals surface area contributed by atoms with E-state index in [1.165, 1.54) is 30.3 Å². The molecule has 0 fully saturated rings. The maximum absolute atomic E-state index is 13.5. The van der Waals surface area contributed by atoms with Crippen molar-refractivity contribution in [1.29, 1.82) is 0 Å². The Morgan fingerprint density at radius 2 is 1.68 bits per heavy atom. The third kappa shape index (κ3) is 2.93. The second kappa shape index (κ2) is 5.14. The van der Waals surface area contributed by atoms with Gasteiger partial charge in [-0.25, -0.2) is 8.78 Å². The summed E-state index contributed by atoms with van der Waals surface area (Å²) >= 11 is 0. The average molecular weight is 265 g/mol. The van der Waals surface area contributed by atoms with Crippen molar-refractivity contribution in [2.45, 2.75) is 13.0 Å². The second-order valence-electron chi connectivity index (χ2n) is 4.25. The van der Waals surface area contributed by atoms with Gasteiger partial charge in [-0.3, -0.25) is 0 Å². The van der Waals surface area contributed by atoms with Gasteiger partial charge < -0.3 is 15.5 Å². The number of benzene rings is 2. The molecule has 2 aromatic carbocycles. The molecule has 0 aromatic heterocycles. The largest absolute Gasteiger partial charge is 0.508 e. The number of nitrogens with one attached hydrogen (secondary N) is 1. The highest BCUT2D eigenvalue weighted by atomic mass is 19.2. The first-order valence-electron chi connectivity index (χ1n) is 5.71. The summed E-state index contributed by atoms with van der Waals surface area (Å²) in [6.07, 6.45) is 0. The first-order chi connectivity index (χ1) is 8.97. The standard InChI is InChI=1S/C14H13F2NO2/c1-8(9-5-10(18)7-11(19)6-9)17-13-4-2-3-12(15)14(13)16/h2-8,17-19H,1H3. The van der Waals surface area contributed by atoms with Gasteiger partial charge in [-0.05, 0) is 36.8 Å². The lowest BCUT2D eigenvalue weighted by Crippen LogP contribution is -2.08. The SMILES string of the molecule is CC(Nc1cccc(F)c1F)c1cc(O)cc(O)c1. The lowest BCUT2D eigenvalue weighted by atomic mass is 10.1. The van der Waals surface area contributed by atoms with Crippen LogP contribution in [0, 0.1) is 11.6 Å². The molecule has 3 nitrogen and oxygen atoms in total. The van der Waals surface area contributed by atoms with Crippen molar-refractivity contribution in [3.8, 4) is 11.5 Å². The molecule has 0 aliphatic carbocycles. The van der Waals surface area contributed by atoms with Crippen molar-refractivity contribution >= 4 is 5.69 Å². The van der Waals surface area contributed by atoms with Gasteiger partial charge in [-0.15, -0.1) is 0 Å². The topological polar surface area (TPSA) is 52.5 Å². The van der Waals surface area contributed by atoms with Gasteiger partial charge in [0, 0.05) is 12.1 Å². The molecule has 0 spiro atoms. The van der Waals surface area contributed by atoms with Crippen molar-refractivity contribution in [2.75, 3.05) is 5.32 Å². The Morgan fingerprint density at radius 3 is 2.32 bits per heavy atom. The molecule has 0 radical (unpaired) electrons. The Balaban J connectivity index is 2.25. The predicted molar refractivity (Wildman–Crippen MR) is 68.2 cm³/mol. The van der Waals surface area contributed by atoms with E-state index in [4.69, 9.17) is 0 Å². The highest BCUT2D eigenvalue weighted by Gasteiger charge is 2.12. The summed E-state index contributed by atoms with van der Waals surface area (Å²) in [5, 5.41) is 21.6. The Morgan fingerprint density at radius 1 is 1.05 bits per heavy atom. The zero-order valence-corrected chi connectivity index (χ0v) is 10.2. The predicted octanol–water partition coefficient (Wildman–Crippen LogP) is 3.55. The van der Waals surface area contributed by atoms with Crippen molar-refractivity contribution in [3.05, 3.63) is 53.6 Å². The average Bonchev–Trinajstić information content (AvgIpc) is 2.33. The van der Waals surface area contributed by atoms with Crippen LogP contribution in [0.25, 0.3) is 0 Å². The van der Waals surface area contributed by atoms with Crippen molar-refractivity contribution in [2.24, 2.45) is 0 Å². The number of aromatic hydroxyl groups is 2. The number of phenolic OH excluding ortho intramolecular Hbond substituents is 2. The molecule has 0 heterocycles. The molecule has 2 rings (SSSR count). The maximum Gasteiger partial charge on any atom is 0.181 e. The molecule has 0 bridgehead atoms. The van der Waals surface area contributed by atoms with Gasteiger partial charge in [0.1, 0.15) is 11.5 Å². The summed E-state index contributed by atoms with van der Waals surface area (Å²) in [7, 11) is 0. The molecule has 1 unspecified atom stereocenters. The molecule has 0 amide bonds. The second-order valence-corrected chi connectivity index (χ2v) is 4.25. The van der Waals surface area contributed by atoms with Gasteiger partial charge in [-0.2, -0.15) is 0 Å². The summed E-state index contributed by atoms with van der Waals surface area (Å²) in [6, 6.07) is 7.51. The molecule has 2 aromatic rings. The van der Waals surface area contributed by atoms with Crippen LogP contribution >= 0.6 is 0 Å². The zero-order valence-electron chi connectivity index (χ0n) is 10.2. The number of hydrogen-bond acceptors (Lipinski definition) is 3. The van der Waals surface area contributed by atoms with E-state index in [1.807, 2.05) is 0 Å². The van der Waals surface area contributed by atoms with Crippen molar-refractivity contribution in [1.82, 2.24) is 0 Å². The van der Waals surface area contributed by atoms with E-state index >= 15 is 0 Å². The quantitative estimate of drug-likeness (QED) is 0.795. The first kappa shape index (κ1) is 13.1. The van der Waals surface area contributed by atoms with Gasteiger partial charge in [0.05, 0.1) is 5.69 Å². The van der Waals surface area contributed by atoms with E-state index in [9.17, 15) is 19.0 Å². The summed E-state index contributed by atoms with van der Waals surface area (Å²) in [5.74, 6) is -2.08. The molecular formula is C14H13F2NO2. The van der Waals surface area contributed by atoms with E-state index in [1.54, 1.807) is 6.92 Å². The van der Waals surface area contributed by atoms with Crippen LogP contribution in [-0.2, 0) is 0 Å². The van der Waals surface area contributed by atoms with Gasteiger partial charge >= 0.3 is 0 Å². The van der Waals surface area contributed by atoms with Crippen LogP contribution in [0.3, 0.4) is 0 Å². The van der Waals surface area contributed by atoms with Crippen LogP contribution in [0.1, 0.15) is 18.5 Å². The fourth-order valence-electron chi connectivity index (χ4n) is 1.80. The minimum absolute atomic E-state index is 0.0235. The summed E-state index contributed by atoms with van der Waals surface area (Å²) in [5.41, 5.74) is 0.580. The minimum atomic E-state index is -0.960. The minimum Gasteiger partial charge on any atom is -0.508 e. The van der Waals surface area contributed by atoms with Crippen LogP contribution in [-0.4, -0.2) is 10.2 Å². The Bertz CT molecular complexity index is 582. The highest BCUT2D eigenvalue weighted by molar-refractivity contribution is 5.48. The van der Waals surface area contributed by atoms with Crippen molar-refractivity contribution < 1.29 is 19.0 Å². The first-order valence-corrected chi connectivity index (χ1v) is 5.71. The summed E-state index contributed by atoms with van der Waals surface area (Å²) < 4.78 is 26.6. The molecule has 0 aliphatic rings. The van der Waals surface area contributed by atoms with Crippen molar-refractivity contribution in [3.63, 3.8) is 0 Å². The van der Waals surface area contributed by atoms with E-state index in [-0.39, 0.29) is 17.2 Å². The molecule has 0 aliphatic heterocycles. The lowest BCUT2D eigenvalue weighted by Gasteiger charge is -2.17. The summed E-state index contributed by atoms with van der Waals surface area (Å²) in [4.78, 5) is 0. The lowest BCUT2D eigenvalue weighted by molar-refractivity contribution is 0.448. The molecular weight excluding hydrogens is 252 g/mol. The number of halogens is 2. The van der Waals surface area contributed by atoms with E-state index < -0.39 is 17.7 Å². The van der Waals surface area contributed by atoms with Crippen LogP contribution in [0.5, 0.6) is 11.5 Å². The van der Waals surface area contributed by atoms with Gasteiger partial charge in [0.25, 0.3) is 0 Å². The van der Waals surface area contributed by atoms with Crippen LogP contribution in [0.4, 0.5) is 14.5 Å². The molecule has 3 N–H and O–H groups in total. The molecule has 1 atom stereocenters. The number of hydrogen-bond donors (Lipinski definition) is 3. The van der Waals surface area contributed by atoms with E-state index in [0.717, 1.165) is 6.07 Å². The smallest absolute Gasteiger partial charge is 0.181 e. The normalized spacial score (nSPS) is 12.2. The fraction of sp³-hybridized carbons (Fsp3) is 0.143. The van der Waals surface area contributed by atoms with Gasteiger partial charge in [0.15, 0.2) is 11.6 Å². The Hall–Kier alpha value is -2.30. The fourth-order valence-corrected chi connectivity index (χ4v) is 1.80. The third-order valence-corrected chi connectivity index (χ3v) is 2.75. The molecule has 0 saturated carbocycles. The van der Waals surface area contributed by atoms with Crippen LogP contribution in [0.15, 0.2) is 36.4 Å². The third-order valence-electron chi connectivity index (χ3n) is 2.75. The van der Waals surface area contributed by atoms with Gasteiger partial charge in [-0.1, -0.05) is 6.07 Å². The van der Waals surface area contributed by atoms with Crippen LogP contribution < -0.4 is 5.32 Å². The molecule has 100 valence electrons. The summed E-state index contributed by atoms with van der Waals surface area (Å²) in [6.45, 7) is 1.71. The maximum atomic E-state index is 13.5. The Kier molecular flexibility index (Phi) is 3.55. The molecule has 5 heteroatoms. The number of rotatable bonds is 3. The zero-order chi connectivity index (χ0) is 14.0. The molecule has 19 heavy (non-hydrogen) atoms. The Labute approximate surface area is 109 Å². The van der Waals surface area contributed by atoms with Crippen LogP contribution in [0.2, 0.25) is 0 Å². The highest BCUT2D eigenvalue weighted by Crippen LogP contribution is 2.28.